The lowest BCUT2D eigenvalue weighted by Crippen LogP contribution is -2.38. The lowest BCUT2D eigenvalue weighted by molar-refractivity contribution is -0.140. The van der Waals surface area contributed by atoms with Gasteiger partial charge >= 0.3 is 5.97 Å². The molecule has 2 rings (SSSR count). The molecule has 1 saturated heterocycles. The van der Waals surface area contributed by atoms with Crippen molar-refractivity contribution >= 4 is 17.8 Å². The minimum Gasteiger partial charge on any atom is -0.481 e. The van der Waals surface area contributed by atoms with Gasteiger partial charge in [-0.25, -0.2) is 0 Å². The number of carboxylic acids is 1. The molecule has 0 spiro atoms. The summed E-state index contributed by atoms with van der Waals surface area (Å²) in [5.41, 5.74) is 0. The number of aliphatic carboxylic acids is 1. The van der Waals surface area contributed by atoms with E-state index in [0.717, 1.165) is 0 Å². The second-order valence-corrected chi connectivity index (χ2v) is 4.39. The Morgan fingerprint density at radius 3 is 2.71 bits per heavy atom. The molecule has 3 N–H and O–H groups in total. The highest BCUT2D eigenvalue weighted by atomic mass is 16.4. The molecule has 0 aromatic heterocycles. The van der Waals surface area contributed by atoms with Crippen molar-refractivity contribution in [1.29, 1.82) is 0 Å². The smallest absolute Gasteiger partial charge is 0.310 e. The minimum atomic E-state index is -0.879. The van der Waals surface area contributed by atoms with Crippen LogP contribution in [0.25, 0.3) is 0 Å². The van der Waals surface area contributed by atoms with Gasteiger partial charge in [-0.3, -0.25) is 14.4 Å². The Morgan fingerprint density at radius 2 is 2.18 bits per heavy atom. The van der Waals surface area contributed by atoms with Crippen molar-refractivity contribution in [2.75, 3.05) is 6.54 Å². The Hall–Kier alpha value is -1.85. The van der Waals surface area contributed by atoms with E-state index >= 15 is 0 Å². The zero-order valence-corrected chi connectivity index (χ0v) is 9.18. The molecule has 0 saturated carbocycles. The largest absolute Gasteiger partial charge is 0.481 e. The number of hydrogen-bond donors (Lipinski definition) is 3. The van der Waals surface area contributed by atoms with Gasteiger partial charge in [0.25, 0.3) is 0 Å². The number of nitrogens with one attached hydrogen (secondary N) is 2. The summed E-state index contributed by atoms with van der Waals surface area (Å²) in [4.78, 5) is 33.4. The van der Waals surface area contributed by atoms with Crippen LogP contribution in [0.5, 0.6) is 0 Å². The maximum absolute atomic E-state index is 11.7. The number of carbonyl (C=O) groups excluding carboxylic acids is 2. The maximum atomic E-state index is 11.7. The molecule has 0 aromatic carbocycles. The van der Waals surface area contributed by atoms with E-state index in [9.17, 15) is 14.4 Å². The Balaban J connectivity index is 1.83. The van der Waals surface area contributed by atoms with Gasteiger partial charge in [-0.2, -0.15) is 0 Å². The lowest BCUT2D eigenvalue weighted by atomic mass is 10.1. The topological polar surface area (TPSA) is 95.5 Å². The van der Waals surface area contributed by atoms with E-state index in [0.29, 0.717) is 13.0 Å². The number of rotatable bonds is 3. The molecule has 3 unspecified atom stereocenters. The fraction of sp³-hybridized carbons (Fsp3) is 0.545. The van der Waals surface area contributed by atoms with Crippen LogP contribution in [0.2, 0.25) is 0 Å². The number of amides is 2. The first kappa shape index (κ1) is 11.6. The van der Waals surface area contributed by atoms with E-state index in [1.807, 2.05) is 0 Å². The quantitative estimate of drug-likeness (QED) is 0.565. The van der Waals surface area contributed by atoms with E-state index in [1.165, 1.54) is 0 Å². The van der Waals surface area contributed by atoms with E-state index in [2.05, 4.69) is 10.6 Å². The van der Waals surface area contributed by atoms with Crippen molar-refractivity contribution in [2.24, 2.45) is 11.8 Å². The molecule has 1 heterocycles. The van der Waals surface area contributed by atoms with Crippen molar-refractivity contribution < 1.29 is 19.5 Å². The van der Waals surface area contributed by atoms with Crippen LogP contribution in [-0.2, 0) is 14.4 Å². The fourth-order valence-electron chi connectivity index (χ4n) is 2.08. The summed E-state index contributed by atoms with van der Waals surface area (Å²) in [6.07, 6.45) is 3.88. The van der Waals surface area contributed by atoms with Gasteiger partial charge in [-0.1, -0.05) is 12.2 Å². The molecule has 1 aliphatic heterocycles. The Kier molecular flexibility index (Phi) is 3.12. The molecule has 1 aliphatic carbocycles. The molecular formula is C11H14N2O4. The molecule has 92 valence electrons. The summed E-state index contributed by atoms with van der Waals surface area (Å²) < 4.78 is 0. The first-order chi connectivity index (χ1) is 8.06. The standard InChI is InChI=1S/C11H14N2O4/c14-9-4-7(5-12-9)10(15)13-8-2-1-6(3-8)11(16)17/h1-2,6-8H,3-5H2,(H,12,14)(H,13,15)(H,16,17). The van der Waals surface area contributed by atoms with Crippen molar-refractivity contribution in [3.05, 3.63) is 12.2 Å². The summed E-state index contributed by atoms with van der Waals surface area (Å²) >= 11 is 0. The molecule has 0 aromatic rings. The van der Waals surface area contributed by atoms with Gasteiger partial charge in [0, 0.05) is 19.0 Å². The Labute approximate surface area is 98.1 Å². The predicted octanol–water partition coefficient (Wildman–Crippen LogP) is -0.732. The first-order valence-corrected chi connectivity index (χ1v) is 5.54. The summed E-state index contributed by atoms with van der Waals surface area (Å²) in [6, 6.07) is -0.237. The van der Waals surface area contributed by atoms with Gasteiger partial charge in [-0.15, -0.1) is 0 Å². The molecule has 6 nitrogen and oxygen atoms in total. The van der Waals surface area contributed by atoms with Crippen LogP contribution >= 0.6 is 0 Å². The van der Waals surface area contributed by atoms with Gasteiger partial charge in [-0.05, 0) is 6.42 Å². The number of carboxylic acid groups (broad SMARTS) is 1. The van der Waals surface area contributed by atoms with Gasteiger partial charge in [0.2, 0.25) is 11.8 Å². The van der Waals surface area contributed by atoms with Gasteiger partial charge < -0.3 is 15.7 Å². The second kappa shape index (κ2) is 4.57. The third-order valence-electron chi connectivity index (χ3n) is 3.08. The lowest BCUT2D eigenvalue weighted by Gasteiger charge is -2.14. The highest BCUT2D eigenvalue weighted by Gasteiger charge is 2.31. The summed E-state index contributed by atoms with van der Waals surface area (Å²) in [5.74, 6) is -2.04. The average Bonchev–Trinajstić information content (AvgIpc) is 2.86. The van der Waals surface area contributed by atoms with Crippen LogP contribution in [0.1, 0.15) is 12.8 Å². The van der Waals surface area contributed by atoms with E-state index in [1.54, 1.807) is 12.2 Å². The molecule has 2 amide bonds. The summed E-state index contributed by atoms with van der Waals surface area (Å²) in [5, 5.41) is 14.1. The Bertz CT molecular complexity index is 391. The molecule has 3 atom stereocenters. The van der Waals surface area contributed by atoms with Gasteiger partial charge in [0.1, 0.15) is 0 Å². The van der Waals surface area contributed by atoms with Gasteiger partial charge in [0.05, 0.1) is 11.8 Å². The molecule has 1 fully saturated rings. The third kappa shape index (κ3) is 2.64. The number of carbonyl (C=O) groups is 3. The zero-order chi connectivity index (χ0) is 12.4. The maximum Gasteiger partial charge on any atom is 0.310 e. The summed E-state index contributed by atoms with van der Waals surface area (Å²) in [7, 11) is 0. The SMILES string of the molecule is O=C1CC(C(=O)NC2C=CC(C(=O)O)C2)CN1. The zero-order valence-electron chi connectivity index (χ0n) is 9.18. The van der Waals surface area contributed by atoms with Crippen LogP contribution in [0, 0.1) is 11.8 Å². The fourth-order valence-corrected chi connectivity index (χ4v) is 2.08. The second-order valence-electron chi connectivity index (χ2n) is 4.39. The third-order valence-corrected chi connectivity index (χ3v) is 3.08. The van der Waals surface area contributed by atoms with Crippen LogP contribution in [0.3, 0.4) is 0 Å². The number of hydrogen-bond acceptors (Lipinski definition) is 3. The minimum absolute atomic E-state index is 0.115. The van der Waals surface area contributed by atoms with Crippen molar-refractivity contribution in [2.45, 2.75) is 18.9 Å². The molecule has 0 bridgehead atoms. The molecule has 0 radical (unpaired) electrons. The van der Waals surface area contributed by atoms with Crippen LogP contribution in [0.15, 0.2) is 12.2 Å². The molecule has 6 heteroatoms. The summed E-state index contributed by atoms with van der Waals surface area (Å²) in [6.45, 7) is 0.365. The van der Waals surface area contributed by atoms with Crippen LogP contribution in [-0.4, -0.2) is 35.5 Å². The highest BCUT2D eigenvalue weighted by Crippen LogP contribution is 2.19. The molecule has 2 aliphatic rings. The normalized spacial score (nSPS) is 31.3. The molecular weight excluding hydrogens is 224 g/mol. The average molecular weight is 238 g/mol. The van der Waals surface area contributed by atoms with Crippen molar-refractivity contribution in [1.82, 2.24) is 10.6 Å². The van der Waals surface area contributed by atoms with Gasteiger partial charge in [0.15, 0.2) is 0 Å². The van der Waals surface area contributed by atoms with Crippen molar-refractivity contribution in [3.8, 4) is 0 Å². The highest BCUT2D eigenvalue weighted by molar-refractivity contribution is 5.89. The van der Waals surface area contributed by atoms with E-state index < -0.39 is 11.9 Å². The molecule has 17 heavy (non-hydrogen) atoms. The first-order valence-electron chi connectivity index (χ1n) is 5.54. The van der Waals surface area contributed by atoms with Crippen LogP contribution in [0.4, 0.5) is 0 Å². The van der Waals surface area contributed by atoms with E-state index in [4.69, 9.17) is 5.11 Å². The monoisotopic (exact) mass is 238 g/mol. The van der Waals surface area contributed by atoms with Crippen LogP contribution < -0.4 is 10.6 Å². The van der Waals surface area contributed by atoms with E-state index in [-0.39, 0.29) is 30.2 Å². The predicted molar refractivity (Wildman–Crippen MR) is 57.9 cm³/mol. The Morgan fingerprint density at radius 1 is 1.41 bits per heavy atom. The van der Waals surface area contributed by atoms with Crippen molar-refractivity contribution in [3.63, 3.8) is 0 Å².